The van der Waals surface area contributed by atoms with Gasteiger partial charge in [-0.25, -0.2) is 8.42 Å². The summed E-state index contributed by atoms with van der Waals surface area (Å²) in [6, 6.07) is 13.5. The molecule has 0 amide bonds. The highest BCUT2D eigenvalue weighted by atomic mass is 32.2. The van der Waals surface area contributed by atoms with Crippen LogP contribution in [0.3, 0.4) is 0 Å². The minimum atomic E-state index is -4.63. The van der Waals surface area contributed by atoms with Crippen LogP contribution in [0.4, 0.5) is 18.9 Å². The van der Waals surface area contributed by atoms with Crippen LogP contribution in [0, 0.1) is 22.7 Å². The average Bonchev–Trinajstić information content (AvgIpc) is 3.18. The second-order valence-corrected chi connectivity index (χ2v) is 10.6. The third-order valence-corrected chi connectivity index (χ3v) is 8.53. The highest BCUT2D eigenvalue weighted by Crippen LogP contribution is 2.46. The molecule has 0 radical (unpaired) electrons. The molecular formula is C23H24F3N3O3S. The van der Waals surface area contributed by atoms with Crippen LogP contribution >= 0.6 is 0 Å². The Bertz CT molecular complexity index is 1160. The second-order valence-electron chi connectivity index (χ2n) is 8.64. The number of piperidine rings is 1. The lowest BCUT2D eigenvalue weighted by Gasteiger charge is -2.44. The van der Waals surface area contributed by atoms with Gasteiger partial charge < -0.3 is 9.64 Å². The minimum absolute atomic E-state index is 0.116. The first kappa shape index (κ1) is 23.5. The van der Waals surface area contributed by atoms with Gasteiger partial charge in [-0.2, -0.15) is 22.7 Å². The van der Waals surface area contributed by atoms with Crippen LogP contribution in [0.25, 0.3) is 0 Å². The summed E-state index contributed by atoms with van der Waals surface area (Å²) in [6.07, 6.45) is -4.06. The van der Waals surface area contributed by atoms with Crippen molar-refractivity contribution in [1.29, 1.82) is 5.26 Å². The minimum Gasteiger partial charge on any atom is -0.384 e. The van der Waals surface area contributed by atoms with Crippen molar-refractivity contribution in [2.45, 2.75) is 17.5 Å². The van der Waals surface area contributed by atoms with Gasteiger partial charge in [-0.05, 0) is 42.7 Å². The lowest BCUT2D eigenvalue weighted by atomic mass is 9.73. The van der Waals surface area contributed by atoms with E-state index in [1.54, 1.807) is 43.5 Å². The molecular weight excluding hydrogens is 455 g/mol. The molecule has 0 bridgehead atoms. The zero-order valence-electron chi connectivity index (χ0n) is 18.0. The summed E-state index contributed by atoms with van der Waals surface area (Å²) in [5.41, 5.74) is -1.42. The Balaban J connectivity index is 1.62. The molecule has 2 saturated heterocycles. The molecule has 0 saturated carbocycles. The van der Waals surface area contributed by atoms with Crippen molar-refractivity contribution in [2.75, 3.05) is 44.8 Å². The van der Waals surface area contributed by atoms with Crippen LogP contribution in [0.1, 0.15) is 17.5 Å². The first-order valence-corrected chi connectivity index (χ1v) is 12.0. The fourth-order valence-corrected chi connectivity index (χ4v) is 6.58. The van der Waals surface area contributed by atoms with Gasteiger partial charge in [0, 0.05) is 44.4 Å². The van der Waals surface area contributed by atoms with E-state index in [-0.39, 0.29) is 17.4 Å². The van der Waals surface area contributed by atoms with Gasteiger partial charge in [0.1, 0.15) is 0 Å². The number of halogens is 3. The molecule has 0 spiro atoms. The maximum Gasteiger partial charge on any atom is 0.417 e. The number of nitriles is 1. The predicted octanol–water partition coefficient (Wildman–Crippen LogP) is 3.74. The number of benzene rings is 2. The molecule has 33 heavy (non-hydrogen) atoms. The Morgan fingerprint density at radius 1 is 1.18 bits per heavy atom. The number of methoxy groups -OCH3 is 1. The summed E-state index contributed by atoms with van der Waals surface area (Å²) < 4.78 is 73.7. The number of nitrogens with zero attached hydrogens (tertiary/aromatic N) is 3. The molecule has 10 heteroatoms. The molecule has 6 nitrogen and oxygen atoms in total. The maximum absolute atomic E-state index is 13.4. The SMILES string of the molecule is COC[C@@]12CCN(c3ccc(C#N)c(C(F)(F)F)c3)C[C@@H]1CN(S(=O)(=O)c1ccccc1)C2. The van der Waals surface area contributed by atoms with Gasteiger partial charge in [-0.3, -0.25) is 0 Å². The van der Waals surface area contributed by atoms with Crippen LogP contribution < -0.4 is 4.90 Å². The molecule has 2 heterocycles. The van der Waals surface area contributed by atoms with Gasteiger partial charge in [0.2, 0.25) is 10.0 Å². The Hall–Kier alpha value is -2.61. The van der Waals surface area contributed by atoms with Crippen molar-refractivity contribution in [3.8, 4) is 6.07 Å². The van der Waals surface area contributed by atoms with Gasteiger partial charge >= 0.3 is 6.18 Å². The quantitative estimate of drug-likeness (QED) is 0.653. The van der Waals surface area contributed by atoms with Crippen molar-refractivity contribution in [1.82, 2.24) is 4.31 Å². The Morgan fingerprint density at radius 2 is 1.91 bits per heavy atom. The maximum atomic E-state index is 13.4. The van der Waals surface area contributed by atoms with Crippen LogP contribution in [0.15, 0.2) is 53.4 Å². The summed E-state index contributed by atoms with van der Waals surface area (Å²) in [4.78, 5) is 2.06. The van der Waals surface area contributed by atoms with Crippen molar-refractivity contribution in [3.05, 3.63) is 59.7 Å². The highest BCUT2D eigenvalue weighted by Gasteiger charge is 2.52. The lowest BCUT2D eigenvalue weighted by Crippen LogP contribution is -2.49. The van der Waals surface area contributed by atoms with Crippen LogP contribution in [-0.4, -0.2) is 52.6 Å². The molecule has 2 aliphatic heterocycles. The van der Waals surface area contributed by atoms with E-state index in [1.807, 2.05) is 4.90 Å². The van der Waals surface area contributed by atoms with Gasteiger partial charge in [-0.1, -0.05) is 18.2 Å². The third-order valence-electron chi connectivity index (χ3n) is 6.71. The smallest absolute Gasteiger partial charge is 0.384 e. The van der Waals surface area contributed by atoms with E-state index in [4.69, 9.17) is 10.00 Å². The van der Waals surface area contributed by atoms with E-state index in [1.165, 1.54) is 16.4 Å². The molecule has 4 rings (SSSR count). The van der Waals surface area contributed by atoms with Gasteiger partial charge in [-0.15, -0.1) is 0 Å². The Morgan fingerprint density at radius 3 is 2.55 bits per heavy atom. The molecule has 0 unspecified atom stereocenters. The topological polar surface area (TPSA) is 73.6 Å². The van der Waals surface area contributed by atoms with Crippen LogP contribution in [0.2, 0.25) is 0 Å². The summed E-state index contributed by atoms with van der Waals surface area (Å²) in [6.45, 7) is 1.79. The predicted molar refractivity (Wildman–Crippen MR) is 116 cm³/mol. The van der Waals surface area contributed by atoms with Crippen molar-refractivity contribution >= 4 is 15.7 Å². The van der Waals surface area contributed by atoms with Gasteiger partial charge in [0.05, 0.1) is 28.7 Å². The normalized spacial score (nSPS) is 23.8. The molecule has 2 aromatic rings. The van der Waals surface area contributed by atoms with E-state index < -0.39 is 32.7 Å². The van der Waals surface area contributed by atoms with Gasteiger partial charge in [0.25, 0.3) is 0 Å². The molecule has 0 aliphatic carbocycles. The molecule has 176 valence electrons. The number of sulfonamides is 1. The summed E-state index contributed by atoms with van der Waals surface area (Å²) in [7, 11) is -2.12. The van der Waals surface area contributed by atoms with Crippen LogP contribution in [0.5, 0.6) is 0 Å². The summed E-state index contributed by atoms with van der Waals surface area (Å²) in [5.74, 6) is -0.116. The van der Waals surface area contributed by atoms with Gasteiger partial charge in [0.15, 0.2) is 0 Å². The lowest BCUT2D eigenvalue weighted by molar-refractivity contribution is -0.137. The van der Waals surface area contributed by atoms with E-state index >= 15 is 0 Å². The first-order chi connectivity index (χ1) is 15.6. The zero-order chi connectivity index (χ0) is 23.9. The number of hydrogen-bond donors (Lipinski definition) is 0. The second kappa shape index (κ2) is 8.63. The number of hydrogen-bond acceptors (Lipinski definition) is 5. The van der Waals surface area contributed by atoms with E-state index in [2.05, 4.69) is 0 Å². The van der Waals surface area contributed by atoms with E-state index in [9.17, 15) is 21.6 Å². The van der Waals surface area contributed by atoms with Crippen molar-refractivity contribution < 1.29 is 26.3 Å². The summed E-state index contributed by atoms with van der Waals surface area (Å²) in [5, 5.41) is 9.06. The molecule has 0 N–H and O–H groups in total. The monoisotopic (exact) mass is 479 g/mol. The molecule has 0 aromatic heterocycles. The standard InChI is InChI=1S/C23H24F3N3O3S/c1-32-16-22-9-10-28(19-8-7-17(12-27)21(11-19)23(24,25)26)13-18(22)14-29(15-22)33(30,31)20-5-3-2-4-6-20/h2-8,11,18H,9-10,13-16H2,1H3/t18-,22+/m1/s1. The van der Waals surface area contributed by atoms with Crippen LogP contribution in [-0.2, 0) is 20.9 Å². The molecule has 2 atom stereocenters. The molecule has 2 fully saturated rings. The average molecular weight is 480 g/mol. The fourth-order valence-electron chi connectivity index (χ4n) is 4.98. The van der Waals surface area contributed by atoms with E-state index in [0.717, 1.165) is 6.07 Å². The fraction of sp³-hybridized carbons (Fsp3) is 0.435. The third kappa shape index (κ3) is 4.33. The van der Waals surface area contributed by atoms with Crippen molar-refractivity contribution in [3.63, 3.8) is 0 Å². The number of anilines is 1. The summed E-state index contributed by atoms with van der Waals surface area (Å²) >= 11 is 0. The number of ether oxygens (including phenoxy) is 1. The first-order valence-electron chi connectivity index (χ1n) is 10.5. The number of fused-ring (bicyclic) bond motifs is 1. The Kier molecular flexibility index (Phi) is 6.16. The number of alkyl halides is 3. The number of rotatable bonds is 5. The molecule has 2 aliphatic rings. The van der Waals surface area contributed by atoms with E-state index in [0.29, 0.717) is 38.3 Å². The Labute approximate surface area is 191 Å². The zero-order valence-corrected chi connectivity index (χ0v) is 18.9. The highest BCUT2D eigenvalue weighted by molar-refractivity contribution is 7.89. The largest absolute Gasteiger partial charge is 0.417 e. The molecule has 2 aromatic carbocycles. The van der Waals surface area contributed by atoms with Crippen molar-refractivity contribution in [2.24, 2.45) is 11.3 Å².